The van der Waals surface area contributed by atoms with Crippen LogP contribution in [0.4, 0.5) is 0 Å². The van der Waals surface area contributed by atoms with Crippen LogP contribution in [0.1, 0.15) is 5.56 Å². The van der Waals surface area contributed by atoms with E-state index in [1.807, 2.05) is 12.4 Å². The van der Waals surface area contributed by atoms with Gasteiger partial charge in [-0.05, 0) is 53.1 Å². The molecule has 5 aromatic rings. The van der Waals surface area contributed by atoms with Crippen molar-refractivity contribution < 1.29 is 4.57 Å². The molecule has 0 N–H and O–H groups in total. The largest absolute Gasteiger partial charge is 0.295 e. The minimum atomic E-state index is -1.68. The predicted octanol–water partition coefficient (Wildman–Crippen LogP) is 6.04. The number of imidazole rings is 1. The van der Waals surface area contributed by atoms with Gasteiger partial charge in [0.15, 0.2) is 11.0 Å². The zero-order valence-corrected chi connectivity index (χ0v) is 21.0. The van der Waals surface area contributed by atoms with Gasteiger partial charge >= 0.3 is 0 Å². The third-order valence-electron chi connectivity index (χ3n) is 6.43. The molecule has 3 aromatic carbocycles. The fourth-order valence-corrected chi connectivity index (χ4v) is 6.28. The van der Waals surface area contributed by atoms with Crippen LogP contribution in [-0.4, -0.2) is 17.6 Å². The summed E-state index contributed by atoms with van der Waals surface area (Å²) < 4.78 is 4.77. The SMILES string of the molecule is Cc1cnccc1-c1n(-c2ccc(-c3ccccc3)cc2[Si](C)(C)C)c2ccccc2[n+]1C. The molecule has 0 aliphatic rings. The highest BCUT2D eigenvalue weighted by molar-refractivity contribution is 6.89. The zero-order valence-electron chi connectivity index (χ0n) is 20.0. The number of hydrogen-bond donors (Lipinski definition) is 0. The average Bonchev–Trinajstić information content (AvgIpc) is 3.11. The molecule has 0 bridgehead atoms. The lowest BCUT2D eigenvalue weighted by Gasteiger charge is -2.21. The highest BCUT2D eigenvalue weighted by Crippen LogP contribution is 2.30. The van der Waals surface area contributed by atoms with Crippen molar-refractivity contribution in [3.05, 3.63) is 96.8 Å². The van der Waals surface area contributed by atoms with Crippen LogP contribution in [0.5, 0.6) is 0 Å². The van der Waals surface area contributed by atoms with E-state index in [1.165, 1.54) is 50.0 Å². The maximum absolute atomic E-state index is 4.35. The van der Waals surface area contributed by atoms with Crippen LogP contribution in [0.3, 0.4) is 0 Å². The summed E-state index contributed by atoms with van der Waals surface area (Å²) in [5.74, 6) is 1.18. The average molecular weight is 449 g/mol. The van der Waals surface area contributed by atoms with Crippen molar-refractivity contribution in [2.75, 3.05) is 0 Å². The molecule has 0 unspecified atom stereocenters. The Kier molecular flexibility index (Phi) is 5.26. The summed E-state index contributed by atoms with van der Waals surface area (Å²) in [7, 11) is 0.484. The Morgan fingerprint density at radius 1 is 0.818 bits per heavy atom. The summed E-state index contributed by atoms with van der Waals surface area (Å²) in [4.78, 5) is 4.35. The first-order chi connectivity index (χ1) is 15.9. The number of nitrogens with zero attached hydrogens (tertiary/aromatic N) is 3. The van der Waals surface area contributed by atoms with Crippen molar-refractivity contribution in [2.45, 2.75) is 26.6 Å². The van der Waals surface area contributed by atoms with Crippen molar-refractivity contribution >= 4 is 24.3 Å². The van der Waals surface area contributed by atoms with E-state index >= 15 is 0 Å². The maximum Gasteiger partial charge on any atom is 0.295 e. The molecule has 5 rings (SSSR count). The highest BCUT2D eigenvalue weighted by Gasteiger charge is 2.31. The summed E-state index contributed by atoms with van der Waals surface area (Å²) in [6, 6.07) is 28.5. The summed E-state index contributed by atoms with van der Waals surface area (Å²) in [6.45, 7) is 9.44. The van der Waals surface area contributed by atoms with E-state index in [-0.39, 0.29) is 0 Å². The molecule has 0 aliphatic heterocycles. The number of aryl methyl sites for hydroxylation is 2. The van der Waals surface area contributed by atoms with E-state index in [1.54, 1.807) is 0 Å². The van der Waals surface area contributed by atoms with Crippen LogP contribution < -0.4 is 9.75 Å². The zero-order chi connectivity index (χ0) is 23.2. The molecule has 0 aliphatic carbocycles. The highest BCUT2D eigenvalue weighted by atomic mass is 28.3. The minimum Gasteiger partial charge on any atom is -0.264 e. The molecule has 2 heterocycles. The molecule has 4 heteroatoms. The fraction of sp³-hybridized carbons (Fsp3) is 0.172. The van der Waals surface area contributed by atoms with Gasteiger partial charge in [0, 0.05) is 12.4 Å². The molecule has 2 aromatic heterocycles. The van der Waals surface area contributed by atoms with Gasteiger partial charge < -0.3 is 0 Å². The van der Waals surface area contributed by atoms with E-state index in [0.717, 1.165) is 0 Å². The van der Waals surface area contributed by atoms with Gasteiger partial charge in [-0.3, -0.25) is 4.98 Å². The van der Waals surface area contributed by atoms with Crippen molar-refractivity contribution in [1.82, 2.24) is 9.55 Å². The molecular formula is C29H30N3Si+. The van der Waals surface area contributed by atoms with E-state index in [2.05, 4.69) is 127 Å². The van der Waals surface area contributed by atoms with Gasteiger partial charge in [0.25, 0.3) is 5.82 Å². The smallest absolute Gasteiger partial charge is 0.264 e. The van der Waals surface area contributed by atoms with Gasteiger partial charge in [0.2, 0.25) is 0 Å². The number of fused-ring (bicyclic) bond motifs is 1. The van der Waals surface area contributed by atoms with Crippen molar-refractivity contribution in [3.63, 3.8) is 0 Å². The molecule has 164 valence electrons. The number of hydrogen-bond acceptors (Lipinski definition) is 1. The van der Waals surface area contributed by atoms with Gasteiger partial charge in [0.1, 0.15) is 5.69 Å². The van der Waals surface area contributed by atoms with Crippen LogP contribution in [0.25, 0.3) is 39.2 Å². The van der Waals surface area contributed by atoms with Crippen molar-refractivity contribution in [1.29, 1.82) is 0 Å². The second kappa shape index (κ2) is 8.12. The molecule has 0 atom stereocenters. The predicted molar refractivity (Wildman–Crippen MR) is 141 cm³/mol. The third-order valence-corrected chi connectivity index (χ3v) is 8.44. The van der Waals surface area contributed by atoms with E-state index in [4.69, 9.17) is 0 Å². The number of aromatic nitrogens is 3. The molecule has 0 spiro atoms. The van der Waals surface area contributed by atoms with Crippen LogP contribution >= 0.6 is 0 Å². The van der Waals surface area contributed by atoms with Crippen LogP contribution in [0, 0.1) is 6.92 Å². The summed E-state index contributed by atoms with van der Waals surface area (Å²) >= 11 is 0. The number of pyridine rings is 1. The molecule has 0 fully saturated rings. The Morgan fingerprint density at radius 3 is 2.27 bits per heavy atom. The lowest BCUT2D eigenvalue weighted by atomic mass is 10.1. The second-order valence-corrected chi connectivity index (χ2v) is 14.8. The number of rotatable bonds is 4. The van der Waals surface area contributed by atoms with E-state index < -0.39 is 8.07 Å². The molecule has 33 heavy (non-hydrogen) atoms. The monoisotopic (exact) mass is 448 g/mol. The van der Waals surface area contributed by atoms with Gasteiger partial charge in [-0.15, -0.1) is 0 Å². The van der Waals surface area contributed by atoms with E-state index in [9.17, 15) is 0 Å². The first-order valence-corrected chi connectivity index (χ1v) is 15.0. The van der Waals surface area contributed by atoms with Crippen molar-refractivity contribution in [2.24, 2.45) is 7.05 Å². The van der Waals surface area contributed by atoms with Crippen molar-refractivity contribution in [3.8, 4) is 28.2 Å². The quantitative estimate of drug-likeness (QED) is 0.243. The summed E-state index contributed by atoms with van der Waals surface area (Å²) in [5, 5.41) is 1.46. The van der Waals surface area contributed by atoms with Gasteiger partial charge in [-0.1, -0.05) is 74.2 Å². The molecule has 0 saturated carbocycles. The summed E-state index contributed by atoms with van der Waals surface area (Å²) in [5.41, 5.74) is 8.63. The first kappa shape index (κ1) is 21.3. The molecular weight excluding hydrogens is 418 g/mol. The Hall–Kier alpha value is -3.50. The Balaban J connectivity index is 1.87. The Morgan fingerprint density at radius 2 is 1.55 bits per heavy atom. The first-order valence-electron chi connectivity index (χ1n) is 11.5. The lowest BCUT2D eigenvalue weighted by molar-refractivity contribution is -0.633. The maximum atomic E-state index is 4.35. The van der Waals surface area contributed by atoms with Crippen LogP contribution in [0.15, 0.2) is 91.3 Å². The third kappa shape index (κ3) is 3.70. The second-order valence-electron chi connectivity index (χ2n) is 9.75. The minimum absolute atomic E-state index is 1.17. The summed E-state index contributed by atoms with van der Waals surface area (Å²) in [6.07, 6.45) is 3.84. The lowest BCUT2D eigenvalue weighted by Crippen LogP contribution is -2.41. The van der Waals surface area contributed by atoms with Gasteiger partial charge in [-0.2, -0.15) is 4.57 Å². The number of benzene rings is 3. The Labute approximate surface area is 197 Å². The topological polar surface area (TPSA) is 21.7 Å². The molecule has 0 saturated heterocycles. The van der Waals surface area contributed by atoms with E-state index in [0.29, 0.717) is 0 Å². The Bertz CT molecular complexity index is 1460. The van der Waals surface area contributed by atoms with Gasteiger partial charge in [0.05, 0.1) is 20.7 Å². The fourth-order valence-electron chi connectivity index (χ4n) is 4.73. The molecule has 0 amide bonds. The molecule has 3 nitrogen and oxygen atoms in total. The number of para-hydroxylation sites is 2. The normalized spacial score (nSPS) is 11.8. The van der Waals surface area contributed by atoms with Crippen LogP contribution in [0.2, 0.25) is 19.6 Å². The standard InChI is InChI=1S/C29H30N3Si/c1-21-20-30-18-17-24(21)29-31(2)25-13-9-10-14-26(25)32(29)27-16-15-23(19-28(27)33(3,4)5)22-11-7-6-8-12-22/h6-20H,1-5H3/q+1. The molecule has 0 radical (unpaired) electrons. The van der Waals surface area contributed by atoms with Crippen LogP contribution in [-0.2, 0) is 7.05 Å². The van der Waals surface area contributed by atoms with Gasteiger partial charge in [-0.25, -0.2) is 4.57 Å².